The summed E-state index contributed by atoms with van der Waals surface area (Å²) in [4.78, 5) is 38.0. The molecule has 6 heteroatoms. The Hall–Kier alpha value is -2.89. The summed E-state index contributed by atoms with van der Waals surface area (Å²) in [6, 6.07) is 0. The highest BCUT2D eigenvalue weighted by molar-refractivity contribution is 5.71. The molecule has 0 rings (SSSR count). The third-order valence-corrected chi connectivity index (χ3v) is 11.2. The van der Waals surface area contributed by atoms with Crippen LogP contribution in [-0.4, -0.2) is 37.2 Å². The molecule has 0 saturated carbocycles. The van der Waals surface area contributed by atoms with E-state index in [2.05, 4.69) is 81.5 Å². The molecule has 0 spiro atoms. The first-order valence-corrected chi connectivity index (χ1v) is 26.3. The molecule has 62 heavy (non-hydrogen) atoms. The van der Waals surface area contributed by atoms with Gasteiger partial charge in [0.2, 0.25) is 0 Å². The lowest BCUT2D eigenvalue weighted by molar-refractivity contribution is -0.167. The summed E-state index contributed by atoms with van der Waals surface area (Å²) in [6.45, 7) is 6.53. The van der Waals surface area contributed by atoms with Gasteiger partial charge in [-0.1, -0.05) is 204 Å². The quantitative estimate of drug-likeness (QED) is 0.0262. The van der Waals surface area contributed by atoms with Crippen LogP contribution in [0, 0.1) is 0 Å². The molecule has 0 aliphatic heterocycles. The van der Waals surface area contributed by atoms with Crippen molar-refractivity contribution in [1.82, 2.24) is 0 Å². The lowest BCUT2D eigenvalue weighted by atomic mass is 10.1. The highest BCUT2D eigenvalue weighted by Crippen LogP contribution is 2.14. The van der Waals surface area contributed by atoms with Crippen LogP contribution in [-0.2, 0) is 28.6 Å². The van der Waals surface area contributed by atoms with Gasteiger partial charge in [0.25, 0.3) is 0 Å². The zero-order valence-corrected chi connectivity index (χ0v) is 40.9. The van der Waals surface area contributed by atoms with Crippen molar-refractivity contribution in [2.45, 2.75) is 264 Å². The molecule has 0 N–H and O–H groups in total. The fourth-order valence-electron chi connectivity index (χ4n) is 7.18. The Morgan fingerprint density at radius 2 is 0.597 bits per heavy atom. The van der Waals surface area contributed by atoms with E-state index in [1.807, 2.05) is 0 Å². The maximum atomic E-state index is 12.8. The third-order valence-electron chi connectivity index (χ3n) is 11.2. The van der Waals surface area contributed by atoms with E-state index >= 15 is 0 Å². The molecule has 0 bridgehead atoms. The fraction of sp³-hybridized carbons (Fsp3) is 0.768. The predicted octanol–water partition coefficient (Wildman–Crippen LogP) is 17.3. The van der Waals surface area contributed by atoms with Gasteiger partial charge < -0.3 is 14.2 Å². The smallest absolute Gasteiger partial charge is 0.306 e. The summed E-state index contributed by atoms with van der Waals surface area (Å²) >= 11 is 0. The number of hydrogen-bond donors (Lipinski definition) is 0. The number of rotatable bonds is 47. The van der Waals surface area contributed by atoms with E-state index in [0.717, 1.165) is 109 Å². The second-order valence-corrected chi connectivity index (χ2v) is 17.4. The Morgan fingerprint density at radius 1 is 0.323 bits per heavy atom. The lowest BCUT2D eigenvalue weighted by Gasteiger charge is -2.18. The van der Waals surface area contributed by atoms with Crippen molar-refractivity contribution in [2.24, 2.45) is 0 Å². The van der Waals surface area contributed by atoms with Gasteiger partial charge in [0.05, 0.1) is 0 Å². The summed E-state index contributed by atoms with van der Waals surface area (Å²) < 4.78 is 16.8. The molecule has 0 heterocycles. The predicted molar refractivity (Wildman–Crippen MR) is 265 cm³/mol. The zero-order chi connectivity index (χ0) is 45.1. The number of carbonyl (C=O) groups excluding carboxylic acids is 3. The maximum absolute atomic E-state index is 12.8. The summed E-state index contributed by atoms with van der Waals surface area (Å²) in [6.07, 6.45) is 62.0. The summed E-state index contributed by atoms with van der Waals surface area (Å²) in [5.41, 5.74) is 0. The van der Waals surface area contributed by atoms with Gasteiger partial charge in [0, 0.05) is 19.3 Å². The summed E-state index contributed by atoms with van der Waals surface area (Å²) in [5.74, 6) is -0.920. The van der Waals surface area contributed by atoms with Crippen LogP contribution >= 0.6 is 0 Å². The Bertz CT molecular complexity index is 1130. The standard InChI is InChI=1S/C56H98O6/c1-4-7-10-13-16-19-22-25-28-29-32-34-37-40-43-46-49-55(58)61-52-53(62-56(59)50-47-44-41-38-35-31-27-24-21-18-15-12-9-6-3)51-60-54(57)48-45-42-39-36-33-30-26-23-20-17-14-11-8-5-2/h14-15,17-18,23-24,26-29,53H,4-13,16,19-22,25,30-52H2,1-3H3/b17-14-,18-15-,26-23-,27-24-,29-28-/t53-/m1/s1. The van der Waals surface area contributed by atoms with E-state index in [0.29, 0.717) is 19.3 Å². The van der Waals surface area contributed by atoms with Gasteiger partial charge in [-0.25, -0.2) is 0 Å². The average Bonchev–Trinajstić information content (AvgIpc) is 3.27. The summed E-state index contributed by atoms with van der Waals surface area (Å²) in [5, 5.41) is 0. The summed E-state index contributed by atoms with van der Waals surface area (Å²) in [7, 11) is 0. The molecule has 0 radical (unpaired) electrons. The molecule has 0 aromatic rings. The number of unbranched alkanes of at least 4 members (excludes halogenated alkanes) is 26. The van der Waals surface area contributed by atoms with Gasteiger partial charge in [0.15, 0.2) is 6.10 Å². The van der Waals surface area contributed by atoms with Crippen molar-refractivity contribution in [3.8, 4) is 0 Å². The van der Waals surface area contributed by atoms with Crippen molar-refractivity contribution in [3.63, 3.8) is 0 Å². The van der Waals surface area contributed by atoms with Crippen LogP contribution in [0.3, 0.4) is 0 Å². The van der Waals surface area contributed by atoms with Gasteiger partial charge in [0.1, 0.15) is 13.2 Å². The van der Waals surface area contributed by atoms with Crippen LogP contribution in [0.5, 0.6) is 0 Å². The highest BCUT2D eigenvalue weighted by atomic mass is 16.6. The lowest BCUT2D eigenvalue weighted by Crippen LogP contribution is -2.30. The second-order valence-electron chi connectivity index (χ2n) is 17.4. The molecule has 6 nitrogen and oxygen atoms in total. The average molecular weight is 867 g/mol. The minimum Gasteiger partial charge on any atom is -0.462 e. The van der Waals surface area contributed by atoms with Crippen molar-refractivity contribution in [3.05, 3.63) is 60.8 Å². The molecular weight excluding hydrogens is 769 g/mol. The van der Waals surface area contributed by atoms with Gasteiger partial charge in [-0.05, 0) is 96.3 Å². The van der Waals surface area contributed by atoms with E-state index in [-0.39, 0.29) is 31.1 Å². The number of ether oxygens (including phenoxy) is 3. The topological polar surface area (TPSA) is 78.9 Å². The van der Waals surface area contributed by atoms with E-state index in [1.165, 1.54) is 109 Å². The molecule has 0 aromatic carbocycles. The number of allylic oxidation sites excluding steroid dienone is 10. The Kier molecular flexibility index (Phi) is 48.4. The van der Waals surface area contributed by atoms with Crippen molar-refractivity contribution in [1.29, 1.82) is 0 Å². The van der Waals surface area contributed by atoms with Crippen LogP contribution in [0.4, 0.5) is 0 Å². The molecule has 0 unspecified atom stereocenters. The molecule has 0 fully saturated rings. The third kappa shape index (κ3) is 48.1. The fourth-order valence-corrected chi connectivity index (χ4v) is 7.18. The van der Waals surface area contributed by atoms with Crippen molar-refractivity contribution in [2.75, 3.05) is 13.2 Å². The zero-order valence-electron chi connectivity index (χ0n) is 40.9. The SMILES string of the molecule is CCCC/C=C\C/C=C\CCCCCCCC(=O)OC[C@H](COC(=O)CCCCCCC/C=C\CCCCCCCCC)OC(=O)CCCCCCC/C=C\C/C=C\CCCC. The van der Waals surface area contributed by atoms with E-state index in [4.69, 9.17) is 14.2 Å². The Morgan fingerprint density at radius 3 is 0.952 bits per heavy atom. The van der Waals surface area contributed by atoms with Crippen LogP contribution in [0.15, 0.2) is 60.8 Å². The molecule has 0 aliphatic carbocycles. The van der Waals surface area contributed by atoms with Crippen molar-refractivity contribution >= 4 is 17.9 Å². The maximum Gasteiger partial charge on any atom is 0.306 e. The molecule has 358 valence electrons. The minimum absolute atomic E-state index is 0.0886. The molecule has 0 aromatic heterocycles. The number of hydrogen-bond acceptors (Lipinski definition) is 6. The Labute approximate surface area is 383 Å². The van der Waals surface area contributed by atoms with Crippen LogP contribution in [0.2, 0.25) is 0 Å². The molecule has 0 aliphatic rings. The van der Waals surface area contributed by atoms with Crippen LogP contribution < -0.4 is 0 Å². The van der Waals surface area contributed by atoms with Gasteiger partial charge in [-0.2, -0.15) is 0 Å². The van der Waals surface area contributed by atoms with Gasteiger partial charge >= 0.3 is 17.9 Å². The van der Waals surface area contributed by atoms with Crippen LogP contribution in [0.25, 0.3) is 0 Å². The minimum atomic E-state index is -0.789. The first kappa shape index (κ1) is 59.1. The van der Waals surface area contributed by atoms with E-state index < -0.39 is 6.10 Å². The first-order valence-electron chi connectivity index (χ1n) is 26.3. The number of esters is 3. The van der Waals surface area contributed by atoms with Gasteiger partial charge in [-0.3, -0.25) is 14.4 Å². The first-order chi connectivity index (χ1) is 30.5. The van der Waals surface area contributed by atoms with Gasteiger partial charge in [-0.15, -0.1) is 0 Å². The normalized spacial score (nSPS) is 12.5. The number of carbonyl (C=O) groups is 3. The monoisotopic (exact) mass is 867 g/mol. The van der Waals surface area contributed by atoms with Crippen molar-refractivity contribution < 1.29 is 28.6 Å². The molecule has 1 atom stereocenters. The van der Waals surface area contributed by atoms with Crippen LogP contribution in [0.1, 0.15) is 258 Å². The largest absolute Gasteiger partial charge is 0.462 e. The second kappa shape index (κ2) is 50.8. The van der Waals surface area contributed by atoms with E-state index in [1.54, 1.807) is 0 Å². The Balaban J connectivity index is 4.42. The molecular formula is C56H98O6. The molecule has 0 saturated heterocycles. The van der Waals surface area contributed by atoms with E-state index in [9.17, 15) is 14.4 Å². The molecule has 0 amide bonds. The highest BCUT2D eigenvalue weighted by Gasteiger charge is 2.19.